The average Bonchev–Trinajstić information content (AvgIpc) is 3.27. The van der Waals surface area contributed by atoms with Crippen molar-refractivity contribution in [3.63, 3.8) is 0 Å². The third-order valence-electron chi connectivity index (χ3n) is 4.14. The Balaban J connectivity index is 1.89. The van der Waals surface area contributed by atoms with Crippen molar-refractivity contribution in [1.29, 1.82) is 0 Å². The first-order valence-corrected chi connectivity index (χ1v) is 11.2. The molecule has 31 heavy (non-hydrogen) atoms. The summed E-state index contributed by atoms with van der Waals surface area (Å²) < 4.78 is 23.5. The van der Waals surface area contributed by atoms with Crippen LogP contribution in [0, 0.1) is 0 Å². The van der Waals surface area contributed by atoms with E-state index >= 15 is 0 Å². The molecule has 0 saturated carbocycles. The third kappa shape index (κ3) is 6.14. The fraction of sp³-hybridized carbons (Fsp3) is 0.238. The molecule has 1 amide bonds. The number of hydrogen-bond donors (Lipinski definition) is 3. The molecule has 0 saturated heterocycles. The molecule has 164 valence electrons. The molecule has 1 unspecified atom stereocenters. The van der Waals surface area contributed by atoms with Crippen LogP contribution in [0.4, 0.5) is 5.82 Å². The molecule has 0 radical (unpaired) electrons. The van der Waals surface area contributed by atoms with Crippen LogP contribution in [0.3, 0.4) is 0 Å². The van der Waals surface area contributed by atoms with E-state index in [-0.39, 0.29) is 17.2 Å². The zero-order chi connectivity index (χ0) is 22.4. The average molecular weight is 464 g/mol. The van der Waals surface area contributed by atoms with Crippen LogP contribution in [0.15, 0.2) is 53.6 Å². The highest BCUT2D eigenvalue weighted by Crippen LogP contribution is 2.34. The molecular formula is C21H22ClN3O5S. The third-order valence-corrected chi connectivity index (χ3v) is 5.73. The van der Waals surface area contributed by atoms with Crippen LogP contribution in [0.5, 0.6) is 17.2 Å². The second-order valence-corrected chi connectivity index (χ2v) is 8.69. The van der Waals surface area contributed by atoms with E-state index in [0.717, 1.165) is 0 Å². The topological polar surface area (TPSA) is 120 Å². The first-order valence-electron chi connectivity index (χ1n) is 9.49. The summed E-state index contributed by atoms with van der Waals surface area (Å²) >= 11 is 5.17. The number of aliphatic hydroxyl groups excluding tert-OH is 1. The van der Waals surface area contributed by atoms with E-state index in [1.54, 1.807) is 43.5 Å². The van der Waals surface area contributed by atoms with Gasteiger partial charge in [-0.25, -0.2) is 0 Å². The molecular weight excluding hydrogens is 442 g/mol. The maximum absolute atomic E-state index is 12.7. The van der Waals surface area contributed by atoms with Crippen molar-refractivity contribution in [3.8, 4) is 17.2 Å². The van der Waals surface area contributed by atoms with Gasteiger partial charge in [0.2, 0.25) is 0 Å². The highest BCUT2D eigenvalue weighted by atomic mass is 35.5. The second kappa shape index (κ2) is 10.5. The number of aromatic nitrogens is 2. The van der Waals surface area contributed by atoms with Gasteiger partial charge in [0, 0.05) is 30.0 Å². The molecule has 2 atom stereocenters. The number of aliphatic hydroxyl groups is 1. The molecule has 0 spiro atoms. The van der Waals surface area contributed by atoms with Crippen molar-refractivity contribution in [3.05, 3.63) is 59.2 Å². The predicted molar refractivity (Wildman–Crippen MR) is 119 cm³/mol. The number of halogens is 1. The van der Waals surface area contributed by atoms with E-state index in [2.05, 4.69) is 15.5 Å². The summed E-state index contributed by atoms with van der Waals surface area (Å²) in [5.41, 5.74) is 0.264. The quantitative estimate of drug-likeness (QED) is 0.413. The van der Waals surface area contributed by atoms with E-state index in [1.807, 2.05) is 6.92 Å². The van der Waals surface area contributed by atoms with Crippen LogP contribution in [-0.2, 0) is 11.2 Å². The van der Waals surface area contributed by atoms with E-state index in [0.29, 0.717) is 33.7 Å². The van der Waals surface area contributed by atoms with E-state index < -0.39 is 23.2 Å². The van der Waals surface area contributed by atoms with Crippen LogP contribution in [0.2, 0.25) is 5.02 Å². The van der Waals surface area contributed by atoms with Gasteiger partial charge in [-0.3, -0.25) is 9.89 Å². The van der Waals surface area contributed by atoms with E-state index in [9.17, 15) is 14.5 Å². The second-order valence-electron chi connectivity index (χ2n) is 6.55. The summed E-state index contributed by atoms with van der Waals surface area (Å²) in [6.45, 7) is 3.32. The summed E-state index contributed by atoms with van der Waals surface area (Å²) in [5.74, 6) is 1.41. The van der Waals surface area contributed by atoms with Crippen molar-refractivity contribution < 1.29 is 23.9 Å². The smallest absolute Gasteiger partial charge is 0.257 e. The lowest BCUT2D eigenvalue weighted by Gasteiger charge is -2.16. The number of rotatable bonds is 9. The number of H-pyrrole nitrogens is 1. The number of nitrogens with zero attached hydrogens (tertiary/aromatic N) is 1. The highest BCUT2D eigenvalue weighted by molar-refractivity contribution is 7.91. The Hall–Kier alpha value is -2.72. The zero-order valence-electron chi connectivity index (χ0n) is 16.9. The molecule has 3 N–H and O–H groups in total. The molecule has 1 heterocycles. The van der Waals surface area contributed by atoms with Gasteiger partial charge in [0.25, 0.3) is 5.91 Å². The molecule has 0 aliphatic carbocycles. The summed E-state index contributed by atoms with van der Waals surface area (Å²) in [5, 5.41) is 18.8. The van der Waals surface area contributed by atoms with E-state index in [1.165, 1.54) is 12.1 Å². The Morgan fingerprint density at radius 2 is 2.06 bits per heavy atom. The van der Waals surface area contributed by atoms with Gasteiger partial charge in [-0.15, -0.1) is 0 Å². The van der Waals surface area contributed by atoms with Crippen molar-refractivity contribution in [2.45, 2.75) is 24.8 Å². The molecule has 0 bridgehead atoms. The number of hydrogen-bond acceptors (Lipinski definition) is 6. The van der Waals surface area contributed by atoms with Gasteiger partial charge in [-0.2, -0.15) is 5.10 Å². The molecule has 0 aliphatic heterocycles. The van der Waals surface area contributed by atoms with Gasteiger partial charge in [0.15, 0.2) is 10.7 Å². The summed E-state index contributed by atoms with van der Waals surface area (Å²) in [7, 11) is 0. The number of amides is 1. The number of ether oxygens (including phenoxy) is 2. The number of carbonyl (C=O) groups is 1. The number of benzene rings is 2. The number of nitrogens with one attached hydrogen (secondary N) is 2. The fourth-order valence-corrected chi connectivity index (χ4v) is 3.70. The lowest BCUT2D eigenvalue weighted by molar-refractivity contribution is 0.102. The number of aromatic amines is 1. The molecule has 8 nitrogen and oxygen atoms in total. The van der Waals surface area contributed by atoms with Crippen LogP contribution in [-0.4, -0.2) is 44.2 Å². The summed E-state index contributed by atoms with van der Waals surface area (Å²) in [4.78, 5) is 13.3. The highest BCUT2D eigenvalue weighted by Gasteiger charge is 2.16. The van der Waals surface area contributed by atoms with Gasteiger partial charge >= 0.3 is 0 Å². The van der Waals surface area contributed by atoms with Crippen LogP contribution >= 0.6 is 11.6 Å². The van der Waals surface area contributed by atoms with Crippen LogP contribution in [0.1, 0.15) is 24.2 Å². The number of anilines is 1. The molecule has 10 heteroatoms. The molecule has 3 rings (SSSR count). The van der Waals surface area contributed by atoms with Gasteiger partial charge in [0.05, 0.1) is 11.6 Å². The van der Waals surface area contributed by atoms with Crippen LogP contribution < -0.4 is 14.8 Å². The standard InChI is InChI=1S/C21H22ClN3O5S/c1-3-31(28)17-4-5-19(18(22)11-17)30-16-9-14(8-15(10-16)29-13(2)12-26)21(27)24-20-6-7-23-25-20/h4-11,13,26H,3,12H2,1-2H3,(H2,23,24,25,27)/t13-,31?/m0/s1. The van der Waals surface area contributed by atoms with Crippen molar-refractivity contribution in [2.75, 3.05) is 17.7 Å². The van der Waals surface area contributed by atoms with Crippen LogP contribution in [0.25, 0.3) is 0 Å². The summed E-state index contributed by atoms with van der Waals surface area (Å²) in [6, 6.07) is 11.2. The first-order chi connectivity index (χ1) is 14.9. The lowest BCUT2D eigenvalue weighted by atomic mass is 10.2. The minimum atomic E-state index is -1.14. The van der Waals surface area contributed by atoms with Crippen molar-refractivity contribution >= 4 is 34.5 Å². The molecule has 1 aromatic heterocycles. The molecule has 0 aliphatic rings. The zero-order valence-corrected chi connectivity index (χ0v) is 18.5. The number of carbonyl (C=O) groups excluding carboxylic acids is 1. The predicted octanol–water partition coefficient (Wildman–Crippen LogP) is 3.99. The largest absolute Gasteiger partial charge is 0.611 e. The lowest BCUT2D eigenvalue weighted by Crippen LogP contribution is -2.17. The Kier molecular flexibility index (Phi) is 7.80. The van der Waals surface area contributed by atoms with Gasteiger partial charge in [-0.05, 0) is 49.3 Å². The monoisotopic (exact) mass is 463 g/mol. The van der Waals surface area contributed by atoms with E-state index in [4.69, 9.17) is 21.1 Å². The molecule has 3 aromatic rings. The minimum absolute atomic E-state index is 0.193. The minimum Gasteiger partial charge on any atom is -0.611 e. The normalized spacial score (nSPS) is 12.8. The van der Waals surface area contributed by atoms with Gasteiger partial charge in [0.1, 0.15) is 29.1 Å². The van der Waals surface area contributed by atoms with Gasteiger partial charge in [-0.1, -0.05) is 11.6 Å². The Morgan fingerprint density at radius 1 is 1.29 bits per heavy atom. The fourth-order valence-electron chi connectivity index (χ4n) is 2.62. The summed E-state index contributed by atoms with van der Waals surface area (Å²) in [6.07, 6.45) is 1.11. The maximum atomic E-state index is 12.7. The van der Waals surface area contributed by atoms with Crippen molar-refractivity contribution in [2.24, 2.45) is 0 Å². The molecule has 2 aromatic carbocycles. The SMILES string of the molecule is CC[S+]([O-])c1ccc(Oc2cc(O[C@@H](C)CO)cc(C(=O)Nc3cc[nH]n3)c2)c(Cl)c1. The Morgan fingerprint density at radius 3 is 2.71 bits per heavy atom. The van der Waals surface area contributed by atoms with Crippen molar-refractivity contribution in [1.82, 2.24) is 10.2 Å². The Bertz CT molecular complexity index is 1030. The first kappa shape index (κ1) is 23.0. The maximum Gasteiger partial charge on any atom is 0.257 e. The Labute approximate surface area is 187 Å². The molecule has 0 fully saturated rings. The van der Waals surface area contributed by atoms with Gasteiger partial charge < -0.3 is 24.4 Å².